The quantitative estimate of drug-likeness (QED) is 0.805. The van der Waals surface area contributed by atoms with E-state index >= 15 is 0 Å². The lowest BCUT2D eigenvalue weighted by atomic mass is 9.97. The second kappa shape index (κ2) is 4.58. The van der Waals surface area contributed by atoms with Crippen LogP contribution >= 0.6 is 0 Å². The third-order valence-corrected chi connectivity index (χ3v) is 3.61. The van der Waals surface area contributed by atoms with Gasteiger partial charge in [-0.05, 0) is 45.7 Å². The van der Waals surface area contributed by atoms with Crippen LogP contribution in [0.3, 0.4) is 0 Å². The van der Waals surface area contributed by atoms with E-state index in [1.54, 1.807) is 0 Å². The molecule has 0 bridgehead atoms. The summed E-state index contributed by atoms with van der Waals surface area (Å²) < 4.78 is 12.3. The van der Waals surface area contributed by atoms with Gasteiger partial charge in [0.25, 0.3) is 0 Å². The van der Waals surface area contributed by atoms with Gasteiger partial charge >= 0.3 is 0 Å². The number of benzene rings is 1. The van der Waals surface area contributed by atoms with Crippen LogP contribution in [0.4, 0.5) is 0 Å². The van der Waals surface area contributed by atoms with Gasteiger partial charge in [0.1, 0.15) is 17.5 Å². The van der Waals surface area contributed by atoms with E-state index in [4.69, 9.17) is 9.47 Å². The molecule has 1 fully saturated rings. The molecule has 100 valence electrons. The molecule has 0 N–H and O–H groups in total. The summed E-state index contributed by atoms with van der Waals surface area (Å²) in [5, 5.41) is 0. The van der Waals surface area contributed by atoms with Crippen LogP contribution in [-0.4, -0.2) is 17.3 Å². The van der Waals surface area contributed by atoms with Gasteiger partial charge in [-0.15, -0.1) is 0 Å². The Bertz CT molecular complexity index is 421. The highest BCUT2D eigenvalue weighted by Crippen LogP contribution is 2.40. The average Bonchev–Trinajstić information content (AvgIpc) is 2.47. The fourth-order valence-electron chi connectivity index (χ4n) is 2.76. The molecular weight excluding hydrogens is 224 g/mol. The van der Waals surface area contributed by atoms with Crippen molar-refractivity contribution in [1.29, 1.82) is 0 Å². The maximum atomic E-state index is 6.22. The monoisotopic (exact) mass is 248 g/mol. The molecule has 0 aromatic heterocycles. The van der Waals surface area contributed by atoms with Crippen molar-refractivity contribution >= 4 is 0 Å². The highest BCUT2D eigenvalue weighted by Gasteiger charge is 2.47. The molecule has 1 saturated heterocycles. The van der Waals surface area contributed by atoms with Gasteiger partial charge in [0, 0.05) is 6.42 Å². The topological polar surface area (TPSA) is 18.5 Å². The molecule has 1 aliphatic rings. The van der Waals surface area contributed by atoms with Crippen molar-refractivity contribution in [1.82, 2.24) is 0 Å². The standard InChI is InChI=1S/C16H24O2/c1-6-12-9-7-8-10-13(12)17-14-11-15(2,3)18-16(14,4)5/h7-10,14H,6,11H2,1-5H3. The first-order chi connectivity index (χ1) is 8.34. The first-order valence-corrected chi connectivity index (χ1v) is 6.79. The van der Waals surface area contributed by atoms with Gasteiger partial charge < -0.3 is 9.47 Å². The lowest BCUT2D eigenvalue weighted by molar-refractivity contribution is -0.0846. The van der Waals surface area contributed by atoms with Crippen molar-refractivity contribution in [2.75, 3.05) is 0 Å². The summed E-state index contributed by atoms with van der Waals surface area (Å²) in [5.74, 6) is 0.999. The number of hydrogen-bond acceptors (Lipinski definition) is 2. The minimum Gasteiger partial charge on any atom is -0.487 e. The first-order valence-electron chi connectivity index (χ1n) is 6.79. The largest absolute Gasteiger partial charge is 0.487 e. The number of rotatable bonds is 3. The van der Waals surface area contributed by atoms with Crippen molar-refractivity contribution in [3.8, 4) is 5.75 Å². The van der Waals surface area contributed by atoms with E-state index in [0.717, 1.165) is 18.6 Å². The van der Waals surface area contributed by atoms with Crippen LogP contribution in [0.25, 0.3) is 0 Å². The molecule has 0 saturated carbocycles. The Morgan fingerprint density at radius 2 is 1.89 bits per heavy atom. The number of ether oxygens (including phenoxy) is 2. The molecule has 2 rings (SSSR count). The molecule has 0 amide bonds. The maximum Gasteiger partial charge on any atom is 0.130 e. The molecule has 1 aromatic rings. The summed E-state index contributed by atoms with van der Waals surface area (Å²) in [6, 6.07) is 8.28. The van der Waals surface area contributed by atoms with Crippen LogP contribution < -0.4 is 4.74 Å². The fourth-order valence-corrected chi connectivity index (χ4v) is 2.76. The Morgan fingerprint density at radius 1 is 1.22 bits per heavy atom. The predicted molar refractivity (Wildman–Crippen MR) is 74.1 cm³/mol. The molecule has 0 spiro atoms. The third kappa shape index (κ3) is 2.69. The molecule has 1 aliphatic heterocycles. The van der Waals surface area contributed by atoms with E-state index in [1.165, 1.54) is 5.56 Å². The van der Waals surface area contributed by atoms with E-state index in [-0.39, 0.29) is 17.3 Å². The number of para-hydroxylation sites is 1. The molecule has 1 heterocycles. The Kier molecular flexibility index (Phi) is 3.41. The smallest absolute Gasteiger partial charge is 0.130 e. The highest BCUT2D eigenvalue weighted by molar-refractivity contribution is 5.33. The second-order valence-corrected chi connectivity index (χ2v) is 6.24. The number of hydrogen-bond donors (Lipinski definition) is 0. The normalized spacial score (nSPS) is 25.1. The van der Waals surface area contributed by atoms with Gasteiger partial charge in [-0.1, -0.05) is 25.1 Å². The zero-order chi connectivity index (χ0) is 13.4. The minimum atomic E-state index is -0.232. The minimum absolute atomic E-state index is 0.102. The Hall–Kier alpha value is -1.02. The summed E-state index contributed by atoms with van der Waals surface area (Å²) >= 11 is 0. The number of aryl methyl sites for hydroxylation is 1. The molecule has 18 heavy (non-hydrogen) atoms. The summed E-state index contributed by atoms with van der Waals surface area (Å²) in [4.78, 5) is 0. The van der Waals surface area contributed by atoms with Crippen molar-refractivity contribution in [2.45, 2.75) is 64.8 Å². The van der Waals surface area contributed by atoms with Crippen molar-refractivity contribution in [3.63, 3.8) is 0 Å². The summed E-state index contributed by atoms with van der Waals surface area (Å²) in [5.41, 5.74) is 0.928. The van der Waals surface area contributed by atoms with Gasteiger partial charge in [0.05, 0.1) is 5.60 Å². The molecule has 0 radical (unpaired) electrons. The summed E-state index contributed by atoms with van der Waals surface area (Å²) in [6.45, 7) is 10.6. The van der Waals surface area contributed by atoms with Gasteiger partial charge in [0.2, 0.25) is 0 Å². The van der Waals surface area contributed by atoms with Gasteiger partial charge in [-0.25, -0.2) is 0 Å². The molecular formula is C16H24O2. The van der Waals surface area contributed by atoms with Gasteiger partial charge in [0.15, 0.2) is 0 Å². The van der Waals surface area contributed by atoms with Gasteiger partial charge in [-0.3, -0.25) is 0 Å². The Balaban J connectivity index is 2.19. The van der Waals surface area contributed by atoms with Crippen LogP contribution in [0.15, 0.2) is 24.3 Å². The van der Waals surface area contributed by atoms with E-state index in [9.17, 15) is 0 Å². The van der Waals surface area contributed by atoms with Gasteiger partial charge in [-0.2, -0.15) is 0 Å². The van der Waals surface area contributed by atoms with E-state index in [2.05, 4.69) is 52.8 Å². The Labute approximate surface area is 110 Å². The van der Waals surface area contributed by atoms with Crippen LogP contribution in [0.5, 0.6) is 5.75 Å². The zero-order valence-electron chi connectivity index (χ0n) is 12.1. The average molecular weight is 248 g/mol. The molecule has 1 atom stereocenters. The Morgan fingerprint density at radius 3 is 2.44 bits per heavy atom. The van der Waals surface area contributed by atoms with Crippen LogP contribution in [-0.2, 0) is 11.2 Å². The van der Waals surface area contributed by atoms with E-state index in [0.29, 0.717) is 0 Å². The lowest BCUT2D eigenvalue weighted by Gasteiger charge is -2.28. The van der Waals surface area contributed by atoms with Crippen LogP contribution in [0, 0.1) is 0 Å². The summed E-state index contributed by atoms with van der Waals surface area (Å²) in [7, 11) is 0. The molecule has 2 heteroatoms. The van der Waals surface area contributed by atoms with Crippen LogP contribution in [0.2, 0.25) is 0 Å². The molecule has 1 unspecified atom stereocenters. The van der Waals surface area contributed by atoms with Crippen molar-refractivity contribution < 1.29 is 9.47 Å². The molecule has 0 aliphatic carbocycles. The fraction of sp³-hybridized carbons (Fsp3) is 0.625. The highest BCUT2D eigenvalue weighted by atomic mass is 16.6. The summed E-state index contributed by atoms with van der Waals surface area (Å²) in [6.07, 6.45) is 2.03. The SMILES string of the molecule is CCc1ccccc1OC1CC(C)(C)OC1(C)C. The molecule has 1 aromatic carbocycles. The van der Waals surface area contributed by atoms with Crippen molar-refractivity contribution in [3.05, 3.63) is 29.8 Å². The predicted octanol–water partition coefficient (Wildman–Crippen LogP) is 3.97. The van der Waals surface area contributed by atoms with E-state index < -0.39 is 0 Å². The second-order valence-electron chi connectivity index (χ2n) is 6.24. The van der Waals surface area contributed by atoms with Crippen molar-refractivity contribution in [2.24, 2.45) is 0 Å². The van der Waals surface area contributed by atoms with Crippen LogP contribution in [0.1, 0.15) is 46.6 Å². The third-order valence-electron chi connectivity index (χ3n) is 3.61. The maximum absolute atomic E-state index is 6.22. The molecule has 2 nitrogen and oxygen atoms in total. The lowest BCUT2D eigenvalue weighted by Crippen LogP contribution is -2.36. The first kappa shape index (κ1) is 13.4. The van der Waals surface area contributed by atoms with E-state index in [1.807, 2.05) is 6.07 Å². The zero-order valence-corrected chi connectivity index (χ0v) is 12.1.